The average Bonchev–Trinajstić information content (AvgIpc) is 2.15. The number of fused-ring (bicyclic) bond motifs is 1. The van der Waals surface area contributed by atoms with Gasteiger partial charge in [0.05, 0.1) is 0 Å². The molecule has 0 radical (unpaired) electrons. The van der Waals surface area contributed by atoms with Crippen LogP contribution in [0.15, 0.2) is 4.99 Å². The molecule has 0 aromatic heterocycles. The van der Waals surface area contributed by atoms with Crippen LogP contribution in [-0.4, -0.2) is 31.0 Å². The molecular weight excluding hydrogens is 119 g/mol. The summed E-state index contributed by atoms with van der Waals surface area (Å²) in [6, 6.07) is 0. The highest BCUT2D eigenvalue weighted by molar-refractivity contribution is 7.76. The summed E-state index contributed by atoms with van der Waals surface area (Å²) in [4.78, 5) is 4.33. The molecule has 0 spiro atoms. The van der Waals surface area contributed by atoms with Crippen LogP contribution in [0.5, 0.6) is 0 Å². The van der Waals surface area contributed by atoms with E-state index in [1.165, 1.54) is 24.4 Å². The first-order valence-electron chi connectivity index (χ1n) is 3.00. The third-order valence-electron chi connectivity index (χ3n) is 1.60. The lowest BCUT2D eigenvalue weighted by molar-refractivity contribution is 0.992. The molecule has 1 fully saturated rings. The van der Waals surface area contributed by atoms with Crippen LogP contribution >= 0.6 is 7.92 Å². The number of aliphatic imine (C=N–C) groups is 1. The average molecular weight is 128 g/mol. The van der Waals surface area contributed by atoms with E-state index in [0.717, 1.165) is 6.54 Å². The highest BCUT2D eigenvalue weighted by atomic mass is 31.1. The van der Waals surface area contributed by atoms with Crippen molar-refractivity contribution in [2.24, 2.45) is 4.99 Å². The minimum Gasteiger partial charge on any atom is -0.370 e. The Balaban J connectivity index is 2.20. The lowest BCUT2D eigenvalue weighted by Crippen LogP contribution is -2.12. The molecule has 1 atom stereocenters. The van der Waals surface area contributed by atoms with Gasteiger partial charge in [0.25, 0.3) is 0 Å². The molecule has 1 N–H and O–H groups in total. The lowest BCUT2D eigenvalue weighted by Gasteiger charge is -1.96. The third-order valence-corrected chi connectivity index (χ3v) is 4.00. The van der Waals surface area contributed by atoms with E-state index < -0.39 is 0 Å². The van der Waals surface area contributed by atoms with Crippen LogP contribution in [0.4, 0.5) is 0 Å². The van der Waals surface area contributed by atoms with Crippen molar-refractivity contribution >= 4 is 13.5 Å². The topological polar surface area (TPSA) is 24.4 Å². The van der Waals surface area contributed by atoms with Crippen LogP contribution in [0, 0.1) is 0 Å². The van der Waals surface area contributed by atoms with Gasteiger partial charge in [-0.1, -0.05) is 0 Å². The first-order chi connectivity index (χ1) is 3.97. The SMILES string of the molecule is C1CP2CCNC2=N1. The molecule has 8 heavy (non-hydrogen) atoms. The van der Waals surface area contributed by atoms with Gasteiger partial charge < -0.3 is 5.32 Å². The Labute approximate surface area is 50.1 Å². The third kappa shape index (κ3) is 0.560. The lowest BCUT2D eigenvalue weighted by atomic mass is 10.7. The van der Waals surface area contributed by atoms with Gasteiger partial charge in [0, 0.05) is 13.1 Å². The van der Waals surface area contributed by atoms with Crippen LogP contribution in [0.1, 0.15) is 0 Å². The van der Waals surface area contributed by atoms with Crippen LogP contribution < -0.4 is 5.32 Å². The second-order valence-electron chi connectivity index (χ2n) is 2.12. The summed E-state index contributed by atoms with van der Waals surface area (Å²) in [6.45, 7) is 2.28. The number of nitrogens with one attached hydrogen (secondary N) is 1. The highest BCUT2D eigenvalue weighted by Gasteiger charge is 2.24. The molecular formula is C5H9N2P. The molecule has 3 heteroatoms. The molecule has 44 valence electrons. The number of rotatable bonds is 0. The molecule has 2 heterocycles. The molecule has 2 aliphatic rings. The summed E-state index contributed by atoms with van der Waals surface area (Å²) in [6.07, 6.45) is 2.74. The Morgan fingerprint density at radius 3 is 3.38 bits per heavy atom. The van der Waals surface area contributed by atoms with Crippen LogP contribution in [0.3, 0.4) is 0 Å². The fraction of sp³-hybridized carbons (Fsp3) is 0.800. The first-order valence-corrected chi connectivity index (χ1v) is 4.71. The van der Waals surface area contributed by atoms with Crippen molar-refractivity contribution in [3.05, 3.63) is 0 Å². The Morgan fingerprint density at radius 1 is 1.50 bits per heavy atom. The molecule has 0 bridgehead atoms. The summed E-state index contributed by atoms with van der Waals surface area (Å²) in [5.41, 5.74) is 1.35. The monoisotopic (exact) mass is 128 g/mol. The van der Waals surface area contributed by atoms with Crippen molar-refractivity contribution in [2.45, 2.75) is 0 Å². The standard InChI is InChI=1S/C5H9N2P/c1-3-8-4-2-7-5(8)6-1/h1-4H2,(H,6,7). The fourth-order valence-electron chi connectivity index (χ4n) is 1.17. The summed E-state index contributed by atoms with van der Waals surface area (Å²) >= 11 is 0. The molecule has 1 saturated heterocycles. The van der Waals surface area contributed by atoms with E-state index in [1.807, 2.05) is 0 Å². The molecule has 2 rings (SSSR count). The van der Waals surface area contributed by atoms with E-state index in [1.54, 1.807) is 0 Å². The van der Waals surface area contributed by atoms with E-state index in [2.05, 4.69) is 10.3 Å². The zero-order chi connectivity index (χ0) is 5.40. The van der Waals surface area contributed by atoms with Gasteiger partial charge in [0.1, 0.15) is 5.58 Å². The maximum absolute atomic E-state index is 4.33. The maximum Gasteiger partial charge on any atom is 0.119 e. The number of hydrogen-bond donors (Lipinski definition) is 1. The zero-order valence-corrected chi connectivity index (χ0v) is 5.62. The zero-order valence-electron chi connectivity index (χ0n) is 4.72. The Kier molecular flexibility index (Phi) is 1.01. The fourth-order valence-corrected chi connectivity index (χ4v) is 3.18. The molecule has 0 aromatic carbocycles. The number of amidine groups is 1. The highest BCUT2D eigenvalue weighted by Crippen LogP contribution is 2.42. The predicted octanol–water partition coefficient (Wildman–Crippen LogP) is 0.441. The van der Waals surface area contributed by atoms with E-state index in [0.29, 0.717) is 0 Å². The minimum absolute atomic E-state index is 0.246. The Hall–Kier alpha value is -0.100. The van der Waals surface area contributed by atoms with Crippen molar-refractivity contribution in [3.8, 4) is 0 Å². The molecule has 0 aromatic rings. The number of nitrogens with zero attached hydrogens (tertiary/aromatic N) is 1. The van der Waals surface area contributed by atoms with Gasteiger partial charge in [-0.2, -0.15) is 0 Å². The van der Waals surface area contributed by atoms with Crippen LogP contribution in [0.25, 0.3) is 0 Å². The number of hydrogen-bond acceptors (Lipinski definition) is 2. The molecule has 2 nitrogen and oxygen atoms in total. The maximum atomic E-state index is 4.33. The largest absolute Gasteiger partial charge is 0.370 e. The predicted molar refractivity (Wildman–Crippen MR) is 37.0 cm³/mol. The van der Waals surface area contributed by atoms with Crippen molar-refractivity contribution in [1.29, 1.82) is 0 Å². The quantitative estimate of drug-likeness (QED) is 0.470. The molecule has 0 saturated carbocycles. The normalized spacial score (nSPS) is 34.0. The second-order valence-corrected chi connectivity index (χ2v) is 4.52. The van der Waals surface area contributed by atoms with Crippen LogP contribution in [-0.2, 0) is 0 Å². The molecule has 1 unspecified atom stereocenters. The van der Waals surface area contributed by atoms with Crippen LogP contribution in [0.2, 0.25) is 0 Å². The van der Waals surface area contributed by atoms with E-state index in [-0.39, 0.29) is 7.92 Å². The second kappa shape index (κ2) is 1.70. The summed E-state index contributed by atoms with van der Waals surface area (Å²) < 4.78 is 0. The summed E-state index contributed by atoms with van der Waals surface area (Å²) in [7, 11) is 0.246. The summed E-state index contributed by atoms with van der Waals surface area (Å²) in [5, 5.41) is 3.30. The molecule has 0 amide bonds. The minimum atomic E-state index is 0.246. The van der Waals surface area contributed by atoms with E-state index >= 15 is 0 Å². The first kappa shape index (κ1) is 4.75. The Bertz CT molecular complexity index is 132. The van der Waals surface area contributed by atoms with Crippen molar-refractivity contribution in [2.75, 3.05) is 25.4 Å². The van der Waals surface area contributed by atoms with Crippen molar-refractivity contribution in [3.63, 3.8) is 0 Å². The van der Waals surface area contributed by atoms with Crippen molar-refractivity contribution in [1.82, 2.24) is 5.32 Å². The van der Waals surface area contributed by atoms with Gasteiger partial charge in [0.15, 0.2) is 0 Å². The Morgan fingerprint density at radius 2 is 2.50 bits per heavy atom. The van der Waals surface area contributed by atoms with E-state index in [9.17, 15) is 0 Å². The van der Waals surface area contributed by atoms with Crippen molar-refractivity contribution < 1.29 is 0 Å². The molecule has 2 aliphatic heterocycles. The van der Waals surface area contributed by atoms with E-state index in [4.69, 9.17) is 0 Å². The van der Waals surface area contributed by atoms with Gasteiger partial charge in [0.2, 0.25) is 0 Å². The van der Waals surface area contributed by atoms with Gasteiger partial charge in [-0.15, -0.1) is 0 Å². The molecule has 0 aliphatic carbocycles. The van der Waals surface area contributed by atoms with Gasteiger partial charge in [-0.25, -0.2) is 0 Å². The van der Waals surface area contributed by atoms with Gasteiger partial charge in [-0.05, 0) is 20.2 Å². The summed E-state index contributed by atoms with van der Waals surface area (Å²) in [5.74, 6) is 0. The van der Waals surface area contributed by atoms with Gasteiger partial charge in [-0.3, -0.25) is 4.99 Å². The smallest absolute Gasteiger partial charge is 0.119 e. The van der Waals surface area contributed by atoms with Gasteiger partial charge >= 0.3 is 0 Å².